The first kappa shape index (κ1) is 24.6. The van der Waals surface area contributed by atoms with E-state index in [-0.39, 0.29) is 0 Å². The van der Waals surface area contributed by atoms with Gasteiger partial charge in [0.15, 0.2) is 0 Å². The second kappa shape index (κ2) is 11.3. The van der Waals surface area contributed by atoms with Crippen molar-refractivity contribution < 1.29 is 10.0 Å². The van der Waals surface area contributed by atoms with E-state index in [1.807, 2.05) is 12.1 Å². The largest absolute Gasteiger partial charge is 0.300 e. The minimum Gasteiger partial charge on any atom is -0.300 e. The van der Waals surface area contributed by atoms with Crippen LogP contribution < -0.4 is 5.48 Å². The summed E-state index contributed by atoms with van der Waals surface area (Å²) in [5.41, 5.74) is 7.69. The number of nitrogens with zero attached hydrogens (tertiary/aromatic N) is 3. The number of nitrogens with one attached hydrogen (secondary N) is 1. The average molecular weight is 463 g/mol. The molecule has 0 aromatic heterocycles. The number of likely N-dealkylation sites (N-methyl/N-ethyl adjacent to an activating group) is 1. The van der Waals surface area contributed by atoms with E-state index in [0.29, 0.717) is 17.6 Å². The van der Waals surface area contributed by atoms with Gasteiger partial charge in [-0.15, -0.1) is 0 Å². The van der Waals surface area contributed by atoms with Crippen molar-refractivity contribution in [3.8, 4) is 0 Å². The number of benzene rings is 2. The van der Waals surface area contributed by atoms with Crippen LogP contribution >= 0.6 is 0 Å². The lowest BCUT2D eigenvalue weighted by atomic mass is 9.93. The molecule has 34 heavy (non-hydrogen) atoms. The molecule has 2 aliphatic heterocycles. The van der Waals surface area contributed by atoms with Gasteiger partial charge in [-0.1, -0.05) is 49.4 Å². The maximum absolute atomic E-state index is 11.6. The van der Waals surface area contributed by atoms with Gasteiger partial charge in [0.05, 0.1) is 0 Å². The molecule has 0 unspecified atom stereocenters. The summed E-state index contributed by atoms with van der Waals surface area (Å²) in [4.78, 5) is 19.2. The molecule has 0 bridgehead atoms. The summed E-state index contributed by atoms with van der Waals surface area (Å²) in [5.74, 6) is -0.477. The van der Waals surface area contributed by atoms with Gasteiger partial charge in [-0.25, -0.2) is 5.48 Å². The summed E-state index contributed by atoms with van der Waals surface area (Å²) < 4.78 is 0. The highest BCUT2D eigenvalue weighted by Gasteiger charge is 2.30. The Morgan fingerprint density at radius 3 is 2.32 bits per heavy atom. The normalized spacial score (nSPS) is 22.4. The monoisotopic (exact) mass is 462 g/mol. The lowest BCUT2D eigenvalue weighted by Gasteiger charge is -2.45. The predicted octanol–water partition coefficient (Wildman–Crippen LogP) is 4.01. The second-order valence-corrected chi connectivity index (χ2v) is 9.73. The molecule has 1 saturated heterocycles. The van der Waals surface area contributed by atoms with Crippen molar-refractivity contribution in [2.75, 3.05) is 32.7 Å². The molecule has 4 rings (SSSR count). The zero-order chi connectivity index (χ0) is 24.1. The molecule has 2 aliphatic rings. The Balaban J connectivity index is 1.40. The second-order valence-electron chi connectivity index (χ2n) is 9.73. The molecule has 6 heteroatoms. The van der Waals surface area contributed by atoms with Crippen LogP contribution in [0.5, 0.6) is 0 Å². The highest BCUT2D eigenvalue weighted by atomic mass is 16.5. The van der Waals surface area contributed by atoms with Crippen molar-refractivity contribution in [1.82, 2.24) is 20.2 Å². The topological polar surface area (TPSA) is 59.0 Å². The predicted molar refractivity (Wildman–Crippen MR) is 137 cm³/mol. The summed E-state index contributed by atoms with van der Waals surface area (Å²) in [7, 11) is 0. The SMILES string of the molecule is CCN1CC=C(c2ccccc2CN2[C@H](C)CN(Cc3ccc(C(=O)NO)cc3)C[C@@H]2C)CC1. The third-order valence-electron chi connectivity index (χ3n) is 7.36. The van der Waals surface area contributed by atoms with Gasteiger partial charge < -0.3 is 0 Å². The number of rotatable bonds is 7. The molecular weight excluding hydrogens is 424 g/mol. The van der Waals surface area contributed by atoms with E-state index < -0.39 is 5.91 Å². The van der Waals surface area contributed by atoms with E-state index in [1.165, 1.54) is 22.3 Å². The van der Waals surface area contributed by atoms with Crippen LogP contribution in [0.4, 0.5) is 0 Å². The first-order valence-electron chi connectivity index (χ1n) is 12.5. The van der Waals surface area contributed by atoms with Crippen molar-refractivity contribution in [3.05, 3.63) is 76.9 Å². The van der Waals surface area contributed by atoms with Gasteiger partial charge >= 0.3 is 0 Å². The maximum Gasteiger partial charge on any atom is 0.274 e. The van der Waals surface area contributed by atoms with Gasteiger partial charge in [-0.2, -0.15) is 0 Å². The molecule has 2 aromatic carbocycles. The van der Waals surface area contributed by atoms with Crippen LogP contribution in [0, 0.1) is 0 Å². The molecule has 6 nitrogen and oxygen atoms in total. The van der Waals surface area contributed by atoms with Crippen molar-refractivity contribution in [2.45, 2.75) is 52.4 Å². The lowest BCUT2D eigenvalue weighted by Crippen LogP contribution is -2.55. The van der Waals surface area contributed by atoms with Crippen LogP contribution in [-0.2, 0) is 13.1 Å². The quantitative estimate of drug-likeness (QED) is 0.481. The smallest absolute Gasteiger partial charge is 0.274 e. The first-order valence-corrected chi connectivity index (χ1v) is 12.5. The maximum atomic E-state index is 11.6. The fourth-order valence-corrected chi connectivity index (χ4v) is 5.40. The fraction of sp³-hybridized carbons (Fsp3) is 0.464. The molecule has 1 fully saturated rings. The Kier molecular flexibility index (Phi) is 8.16. The number of hydrogen-bond acceptors (Lipinski definition) is 5. The molecule has 0 aliphatic carbocycles. The summed E-state index contributed by atoms with van der Waals surface area (Å²) in [6.45, 7) is 14.1. The Morgan fingerprint density at radius 1 is 1.00 bits per heavy atom. The van der Waals surface area contributed by atoms with Crippen molar-refractivity contribution in [1.29, 1.82) is 0 Å². The minimum absolute atomic E-state index is 0.451. The molecule has 2 atom stereocenters. The Morgan fingerprint density at radius 2 is 1.71 bits per heavy atom. The van der Waals surface area contributed by atoms with E-state index in [9.17, 15) is 4.79 Å². The van der Waals surface area contributed by atoms with Crippen LogP contribution in [0.25, 0.3) is 5.57 Å². The van der Waals surface area contributed by atoms with E-state index in [4.69, 9.17) is 5.21 Å². The van der Waals surface area contributed by atoms with E-state index in [2.05, 4.69) is 65.8 Å². The molecule has 182 valence electrons. The van der Waals surface area contributed by atoms with Gasteiger partial charge in [0.2, 0.25) is 0 Å². The molecule has 2 N–H and O–H groups in total. The van der Waals surface area contributed by atoms with Crippen LogP contribution in [0.1, 0.15) is 54.2 Å². The zero-order valence-electron chi connectivity index (χ0n) is 20.7. The number of amides is 1. The number of carbonyl (C=O) groups excluding carboxylic acids is 1. The summed E-state index contributed by atoms with van der Waals surface area (Å²) >= 11 is 0. The summed E-state index contributed by atoms with van der Waals surface area (Å²) in [6.07, 6.45) is 3.55. The van der Waals surface area contributed by atoms with Gasteiger partial charge in [0.25, 0.3) is 5.91 Å². The van der Waals surface area contributed by atoms with E-state index in [1.54, 1.807) is 17.6 Å². The number of hydrogen-bond donors (Lipinski definition) is 2. The van der Waals surface area contributed by atoms with Gasteiger partial charge in [0.1, 0.15) is 0 Å². The Hall–Kier alpha value is -2.51. The highest BCUT2D eigenvalue weighted by molar-refractivity contribution is 5.93. The van der Waals surface area contributed by atoms with Gasteiger partial charge in [0, 0.05) is 56.9 Å². The van der Waals surface area contributed by atoms with Gasteiger partial charge in [-0.05, 0) is 61.2 Å². The molecule has 0 saturated carbocycles. The number of carbonyl (C=O) groups is 1. The number of piperazine rings is 1. The average Bonchev–Trinajstić information content (AvgIpc) is 2.86. The lowest BCUT2D eigenvalue weighted by molar-refractivity contribution is 0.0290. The molecule has 1 amide bonds. The van der Waals surface area contributed by atoms with Crippen LogP contribution in [0.2, 0.25) is 0 Å². The molecular formula is C28H38N4O2. The third kappa shape index (κ3) is 5.76. The highest BCUT2D eigenvalue weighted by Crippen LogP contribution is 2.28. The fourth-order valence-electron chi connectivity index (χ4n) is 5.40. The van der Waals surface area contributed by atoms with Crippen LogP contribution in [-0.4, -0.2) is 70.6 Å². The standard InChI is InChI=1S/C28H38N4O2/c1-4-30-15-13-24(14-16-30)27-8-6-5-7-26(27)20-32-21(2)17-31(18-22(32)3)19-23-9-11-25(12-10-23)28(33)29-34/h5-13,21-22,34H,4,14-20H2,1-3H3,(H,29,33)/t21-,22+. The van der Waals surface area contributed by atoms with Gasteiger partial charge in [-0.3, -0.25) is 24.7 Å². The van der Waals surface area contributed by atoms with Crippen molar-refractivity contribution in [3.63, 3.8) is 0 Å². The van der Waals surface area contributed by atoms with E-state index >= 15 is 0 Å². The summed E-state index contributed by atoms with van der Waals surface area (Å²) in [6, 6.07) is 17.3. The molecule has 0 radical (unpaired) electrons. The van der Waals surface area contributed by atoms with Crippen molar-refractivity contribution in [2.24, 2.45) is 0 Å². The third-order valence-corrected chi connectivity index (χ3v) is 7.36. The van der Waals surface area contributed by atoms with Crippen molar-refractivity contribution >= 4 is 11.5 Å². The van der Waals surface area contributed by atoms with Crippen LogP contribution in [0.15, 0.2) is 54.6 Å². The minimum atomic E-state index is -0.477. The number of hydroxylamine groups is 1. The van der Waals surface area contributed by atoms with Crippen LogP contribution in [0.3, 0.4) is 0 Å². The molecule has 2 aromatic rings. The Labute approximate surface area is 203 Å². The van der Waals surface area contributed by atoms with E-state index in [0.717, 1.165) is 52.2 Å². The Bertz CT molecular complexity index is 992. The molecule has 0 spiro atoms. The zero-order valence-corrected chi connectivity index (χ0v) is 20.7. The first-order chi connectivity index (χ1) is 16.5. The molecule has 2 heterocycles. The summed E-state index contributed by atoms with van der Waals surface area (Å²) in [5, 5.41) is 8.80.